The molecule has 0 bridgehead atoms. The molecule has 0 spiro atoms. The first-order valence-corrected chi connectivity index (χ1v) is 13.0. The fraction of sp³-hybridized carbons (Fsp3) is 0.467. The minimum atomic E-state index is -0.501. The van der Waals surface area contributed by atoms with Crippen LogP contribution in [0.3, 0.4) is 0 Å². The van der Waals surface area contributed by atoms with Gasteiger partial charge in [0.1, 0.15) is 6.61 Å². The molecule has 0 aromatic heterocycles. The van der Waals surface area contributed by atoms with Gasteiger partial charge in [-0.2, -0.15) is 0 Å². The van der Waals surface area contributed by atoms with Gasteiger partial charge in [0.25, 0.3) is 0 Å². The van der Waals surface area contributed by atoms with Crippen LogP contribution in [-0.2, 0) is 22.4 Å². The lowest BCUT2D eigenvalue weighted by atomic mass is 9.97. The van der Waals surface area contributed by atoms with E-state index in [1.807, 2.05) is 30.3 Å². The fourth-order valence-electron chi connectivity index (χ4n) is 5.10. The number of nitrogens with zero attached hydrogens (tertiary/aromatic N) is 1. The Hall–Kier alpha value is -2.88. The molecule has 2 aliphatic rings. The summed E-state index contributed by atoms with van der Waals surface area (Å²) in [5.74, 6) is -0.295. The molecule has 180 valence electrons. The van der Waals surface area contributed by atoms with Crippen molar-refractivity contribution >= 4 is 17.6 Å². The molecule has 1 saturated heterocycles. The second kappa shape index (κ2) is 12.0. The number of benzene rings is 2. The third kappa shape index (κ3) is 6.16. The Morgan fingerprint density at radius 2 is 1.68 bits per heavy atom. The Bertz CT molecular complexity index is 980. The molecule has 1 heterocycles. The smallest absolute Gasteiger partial charge is 0.416 e. The van der Waals surface area contributed by atoms with Gasteiger partial charge >= 0.3 is 6.09 Å². The van der Waals surface area contributed by atoms with Gasteiger partial charge < -0.3 is 4.74 Å². The number of carbonyl (C=O) groups excluding carboxylic acids is 2. The first kappa shape index (κ1) is 24.3. The van der Waals surface area contributed by atoms with Gasteiger partial charge in [0.05, 0.1) is 6.04 Å². The van der Waals surface area contributed by atoms with E-state index in [0.717, 1.165) is 12.0 Å². The predicted molar refractivity (Wildman–Crippen MR) is 136 cm³/mol. The summed E-state index contributed by atoms with van der Waals surface area (Å²) in [6, 6.07) is 18.6. The molecule has 0 saturated carbocycles. The predicted octanol–water partition coefficient (Wildman–Crippen LogP) is 6.97. The molecular weight excluding hydrogens is 422 g/mol. The molecule has 0 N–H and O–H groups in total. The minimum absolute atomic E-state index is 0.102. The summed E-state index contributed by atoms with van der Waals surface area (Å²) in [5.41, 5.74) is 4.88. The lowest BCUT2D eigenvalue weighted by Gasteiger charge is -2.23. The Morgan fingerprint density at radius 3 is 2.44 bits per heavy atom. The van der Waals surface area contributed by atoms with Gasteiger partial charge in [-0.05, 0) is 54.4 Å². The van der Waals surface area contributed by atoms with Gasteiger partial charge in [-0.15, -0.1) is 0 Å². The van der Waals surface area contributed by atoms with Crippen LogP contribution < -0.4 is 0 Å². The maximum atomic E-state index is 13.3. The largest absolute Gasteiger partial charge is 0.447 e. The van der Waals surface area contributed by atoms with Crippen LogP contribution in [0.4, 0.5) is 4.79 Å². The van der Waals surface area contributed by atoms with Crippen molar-refractivity contribution in [1.29, 1.82) is 0 Å². The SMILES string of the molecule is CCCCCCCCc1ccc(C2=CC[C@H](C(=O)N3C(=O)OC[C@H]3Cc3ccccc3)C2)cc1. The van der Waals surface area contributed by atoms with Gasteiger partial charge in [0.15, 0.2) is 0 Å². The number of rotatable bonds is 11. The number of cyclic esters (lactones) is 1. The molecule has 2 amide bonds. The van der Waals surface area contributed by atoms with Crippen molar-refractivity contribution in [3.8, 4) is 0 Å². The van der Waals surface area contributed by atoms with Crippen LogP contribution in [0.15, 0.2) is 60.7 Å². The van der Waals surface area contributed by atoms with E-state index in [-0.39, 0.29) is 24.5 Å². The molecule has 4 heteroatoms. The number of carbonyl (C=O) groups is 2. The van der Waals surface area contributed by atoms with Gasteiger partial charge in [-0.25, -0.2) is 9.69 Å². The Balaban J connectivity index is 1.29. The van der Waals surface area contributed by atoms with Crippen molar-refractivity contribution in [1.82, 2.24) is 4.90 Å². The van der Waals surface area contributed by atoms with E-state index in [2.05, 4.69) is 37.3 Å². The van der Waals surface area contributed by atoms with E-state index in [1.54, 1.807) is 0 Å². The summed E-state index contributed by atoms with van der Waals surface area (Å²) >= 11 is 0. The lowest BCUT2D eigenvalue weighted by molar-refractivity contribution is -0.133. The number of aryl methyl sites for hydroxylation is 1. The molecule has 34 heavy (non-hydrogen) atoms. The highest BCUT2D eigenvalue weighted by atomic mass is 16.6. The average molecular weight is 460 g/mol. The number of ether oxygens (including phenoxy) is 1. The van der Waals surface area contributed by atoms with Crippen molar-refractivity contribution in [3.05, 3.63) is 77.4 Å². The van der Waals surface area contributed by atoms with Crippen molar-refractivity contribution in [2.24, 2.45) is 5.92 Å². The van der Waals surface area contributed by atoms with Gasteiger partial charge in [0, 0.05) is 5.92 Å². The second-order valence-electron chi connectivity index (χ2n) is 9.71. The fourth-order valence-corrected chi connectivity index (χ4v) is 5.10. The zero-order valence-corrected chi connectivity index (χ0v) is 20.4. The highest BCUT2D eigenvalue weighted by molar-refractivity contribution is 5.96. The van der Waals surface area contributed by atoms with E-state index < -0.39 is 6.09 Å². The zero-order chi connectivity index (χ0) is 23.8. The molecule has 0 radical (unpaired) electrons. The molecule has 4 rings (SSSR count). The maximum Gasteiger partial charge on any atom is 0.416 e. The highest BCUT2D eigenvalue weighted by Crippen LogP contribution is 2.35. The van der Waals surface area contributed by atoms with E-state index in [4.69, 9.17) is 4.74 Å². The lowest BCUT2D eigenvalue weighted by Crippen LogP contribution is -2.43. The van der Waals surface area contributed by atoms with Crippen molar-refractivity contribution in [2.75, 3.05) is 6.61 Å². The summed E-state index contributed by atoms with van der Waals surface area (Å²) in [4.78, 5) is 27.1. The molecular formula is C30H37NO3. The highest BCUT2D eigenvalue weighted by Gasteiger charge is 2.41. The number of hydrogen-bond donors (Lipinski definition) is 0. The van der Waals surface area contributed by atoms with E-state index in [9.17, 15) is 9.59 Å². The standard InChI is InChI=1S/C30H37NO3/c1-2-3-4-5-6-8-11-23-14-16-25(17-15-23)26-18-19-27(21-26)29(32)31-28(22-34-30(31)33)20-24-12-9-7-10-13-24/h7,9-10,12-18,27-28H,2-6,8,11,19-22H2,1H3/t27-,28+/m0/s1. The van der Waals surface area contributed by atoms with Crippen LogP contribution in [0.25, 0.3) is 5.57 Å². The molecule has 2 aromatic rings. The first-order chi connectivity index (χ1) is 16.7. The number of unbranched alkanes of at least 4 members (excludes halogenated alkanes) is 5. The normalized spacial score (nSPS) is 19.9. The third-order valence-corrected chi connectivity index (χ3v) is 7.12. The maximum absolute atomic E-state index is 13.3. The van der Waals surface area contributed by atoms with Crippen molar-refractivity contribution in [3.63, 3.8) is 0 Å². The Morgan fingerprint density at radius 1 is 0.941 bits per heavy atom. The van der Waals surface area contributed by atoms with Crippen LogP contribution in [0, 0.1) is 5.92 Å². The van der Waals surface area contributed by atoms with Crippen LogP contribution >= 0.6 is 0 Å². The van der Waals surface area contributed by atoms with Crippen molar-refractivity contribution in [2.45, 2.75) is 77.2 Å². The molecule has 0 unspecified atom stereocenters. The number of allylic oxidation sites excluding steroid dienone is 2. The average Bonchev–Trinajstić information content (AvgIpc) is 3.49. The topological polar surface area (TPSA) is 46.6 Å². The van der Waals surface area contributed by atoms with Gasteiger partial charge in [0.2, 0.25) is 5.91 Å². The quantitative estimate of drug-likeness (QED) is 0.341. The Kier molecular flexibility index (Phi) is 8.56. The van der Waals surface area contributed by atoms with Crippen LogP contribution in [-0.4, -0.2) is 29.5 Å². The van der Waals surface area contributed by atoms with Gasteiger partial charge in [-0.1, -0.05) is 99.7 Å². The minimum Gasteiger partial charge on any atom is -0.447 e. The molecule has 2 aromatic carbocycles. The zero-order valence-electron chi connectivity index (χ0n) is 20.4. The van der Waals surface area contributed by atoms with E-state index in [0.29, 0.717) is 19.3 Å². The van der Waals surface area contributed by atoms with E-state index >= 15 is 0 Å². The summed E-state index contributed by atoms with van der Waals surface area (Å²) in [6.45, 7) is 2.52. The summed E-state index contributed by atoms with van der Waals surface area (Å²) in [6.07, 6.45) is 12.7. The van der Waals surface area contributed by atoms with Crippen molar-refractivity contribution < 1.29 is 14.3 Å². The Labute approximate surface area is 204 Å². The van der Waals surface area contributed by atoms with Crippen LogP contribution in [0.5, 0.6) is 0 Å². The van der Waals surface area contributed by atoms with Crippen LogP contribution in [0.1, 0.15) is 75.0 Å². The molecule has 4 nitrogen and oxygen atoms in total. The first-order valence-electron chi connectivity index (χ1n) is 13.0. The number of amides is 2. The summed E-state index contributed by atoms with van der Waals surface area (Å²) in [7, 11) is 0. The third-order valence-electron chi connectivity index (χ3n) is 7.12. The van der Waals surface area contributed by atoms with Gasteiger partial charge in [-0.3, -0.25) is 4.79 Å². The second-order valence-corrected chi connectivity index (χ2v) is 9.71. The summed E-state index contributed by atoms with van der Waals surface area (Å²) in [5, 5.41) is 0. The molecule has 1 fully saturated rings. The summed E-state index contributed by atoms with van der Waals surface area (Å²) < 4.78 is 5.26. The monoisotopic (exact) mass is 459 g/mol. The number of hydrogen-bond acceptors (Lipinski definition) is 3. The molecule has 1 aliphatic carbocycles. The number of imide groups is 1. The van der Waals surface area contributed by atoms with Crippen LogP contribution in [0.2, 0.25) is 0 Å². The molecule has 2 atom stereocenters. The van der Waals surface area contributed by atoms with E-state index in [1.165, 1.54) is 60.1 Å². The molecule has 1 aliphatic heterocycles.